The molecule has 0 aromatic heterocycles. The molecule has 0 amide bonds. The Balaban J connectivity index is 2.63. The highest BCUT2D eigenvalue weighted by atomic mass is 33.1. The standard InChI is InChI=1S/C14H20O4S2/c1-4-18-13(15)14(2,3)19-20(16,17)11-10-12-8-6-5-7-9-12/h5-9H,4,10-11H2,1-3H3. The average Bonchev–Trinajstić information content (AvgIpc) is 2.37. The van der Waals surface area contributed by atoms with E-state index in [2.05, 4.69) is 0 Å². The summed E-state index contributed by atoms with van der Waals surface area (Å²) >= 11 is 0. The van der Waals surface area contributed by atoms with Crippen LogP contribution < -0.4 is 0 Å². The van der Waals surface area contributed by atoms with Crippen molar-refractivity contribution in [1.29, 1.82) is 0 Å². The molecule has 0 aliphatic carbocycles. The average molecular weight is 316 g/mol. The van der Waals surface area contributed by atoms with E-state index < -0.39 is 19.6 Å². The quantitative estimate of drug-likeness (QED) is 0.571. The van der Waals surface area contributed by atoms with Crippen LogP contribution in [-0.2, 0) is 24.8 Å². The summed E-state index contributed by atoms with van der Waals surface area (Å²) in [6, 6.07) is 9.40. The number of hydrogen-bond acceptors (Lipinski definition) is 5. The predicted octanol–water partition coefficient (Wildman–Crippen LogP) is 2.63. The zero-order valence-corrected chi connectivity index (χ0v) is 13.6. The SMILES string of the molecule is CCOC(=O)C(C)(C)SS(=O)(=O)CCc1ccccc1. The van der Waals surface area contributed by atoms with Crippen molar-refractivity contribution in [3.05, 3.63) is 35.9 Å². The van der Waals surface area contributed by atoms with E-state index in [0.717, 1.165) is 5.56 Å². The van der Waals surface area contributed by atoms with Crippen LogP contribution in [0.15, 0.2) is 30.3 Å². The summed E-state index contributed by atoms with van der Waals surface area (Å²) in [5.74, 6) is -0.502. The number of hydrogen-bond donors (Lipinski definition) is 0. The van der Waals surface area contributed by atoms with E-state index in [0.29, 0.717) is 17.2 Å². The first kappa shape index (κ1) is 17.0. The Labute approximate surface area is 124 Å². The fourth-order valence-electron chi connectivity index (χ4n) is 1.59. The summed E-state index contributed by atoms with van der Waals surface area (Å²) in [7, 11) is -2.72. The molecule has 1 aromatic carbocycles. The fraction of sp³-hybridized carbons (Fsp3) is 0.500. The number of rotatable bonds is 7. The summed E-state index contributed by atoms with van der Waals surface area (Å²) in [6.07, 6.45) is 0.440. The lowest BCUT2D eigenvalue weighted by molar-refractivity contribution is -0.145. The lowest BCUT2D eigenvalue weighted by Crippen LogP contribution is -2.32. The first-order valence-electron chi connectivity index (χ1n) is 6.41. The van der Waals surface area contributed by atoms with Gasteiger partial charge in [-0.1, -0.05) is 30.3 Å². The Morgan fingerprint density at radius 2 is 1.85 bits per heavy atom. The van der Waals surface area contributed by atoms with Crippen molar-refractivity contribution in [3.63, 3.8) is 0 Å². The number of benzene rings is 1. The molecule has 6 heteroatoms. The molecule has 0 radical (unpaired) electrons. The van der Waals surface area contributed by atoms with Crippen LogP contribution in [0.3, 0.4) is 0 Å². The van der Waals surface area contributed by atoms with Crippen molar-refractivity contribution in [2.45, 2.75) is 31.9 Å². The van der Waals surface area contributed by atoms with Gasteiger partial charge in [0.1, 0.15) is 4.75 Å². The van der Waals surface area contributed by atoms with E-state index in [4.69, 9.17) is 4.74 Å². The molecular weight excluding hydrogens is 296 g/mol. The second-order valence-electron chi connectivity index (χ2n) is 4.81. The van der Waals surface area contributed by atoms with Crippen LogP contribution in [0, 0.1) is 0 Å². The van der Waals surface area contributed by atoms with Crippen molar-refractivity contribution in [2.24, 2.45) is 0 Å². The molecule has 0 unspecified atom stereocenters. The van der Waals surface area contributed by atoms with E-state index in [1.54, 1.807) is 20.8 Å². The highest BCUT2D eigenvalue weighted by molar-refractivity contribution is 8.72. The smallest absolute Gasteiger partial charge is 0.322 e. The van der Waals surface area contributed by atoms with Gasteiger partial charge in [-0.25, -0.2) is 8.42 Å². The minimum atomic E-state index is -3.38. The fourth-order valence-corrected chi connectivity index (χ4v) is 5.52. The van der Waals surface area contributed by atoms with Crippen LogP contribution in [0.2, 0.25) is 0 Å². The number of esters is 1. The summed E-state index contributed by atoms with van der Waals surface area (Å²) < 4.78 is 28.0. The van der Waals surface area contributed by atoms with Gasteiger partial charge in [0, 0.05) is 0 Å². The van der Waals surface area contributed by atoms with Gasteiger partial charge in [-0.05, 0) is 43.5 Å². The van der Waals surface area contributed by atoms with Gasteiger partial charge in [-0.15, -0.1) is 0 Å². The summed E-state index contributed by atoms with van der Waals surface area (Å²) in [4.78, 5) is 11.7. The maximum absolute atomic E-state index is 12.1. The third kappa shape index (κ3) is 5.54. The Bertz CT molecular complexity index is 536. The van der Waals surface area contributed by atoms with Crippen LogP contribution in [0.5, 0.6) is 0 Å². The topological polar surface area (TPSA) is 60.4 Å². The summed E-state index contributed by atoms with van der Waals surface area (Å²) in [5.41, 5.74) is 0.964. The largest absolute Gasteiger partial charge is 0.465 e. The molecule has 1 rings (SSSR count). The zero-order chi connectivity index (χ0) is 15.2. The number of carbonyl (C=O) groups excluding carboxylic acids is 1. The van der Waals surface area contributed by atoms with Crippen LogP contribution in [-0.4, -0.2) is 31.5 Å². The molecule has 0 spiro atoms. The molecular formula is C14H20O4S2. The molecule has 0 N–H and O–H groups in total. The first-order chi connectivity index (χ1) is 9.27. The first-order valence-corrected chi connectivity index (χ1v) is 9.40. The molecule has 0 bridgehead atoms. The van der Waals surface area contributed by atoms with Crippen LogP contribution in [0.1, 0.15) is 26.3 Å². The van der Waals surface area contributed by atoms with Crippen LogP contribution in [0.4, 0.5) is 0 Å². The molecule has 4 nitrogen and oxygen atoms in total. The third-order valence-corrected chi connectivity index (χ3v) is 6.64. The van der Waals surface area contributed by atoms with E-state index in [-0.39, 0.29) is 12.4 Å². The number of ether oxygens (including phenoxy) is 1. The Morgan fingerprint density at radius 3 is 2.40 bits per heavy atom. The highest BCUT2D eigenvalue weighted by Gasteiger charge is 2.35. The van der Waals surface area contributed by atoms with Crippen molar-refractivity contribution in [3.8, 4) is 0 Å². The van der Waals surface area contributed by atoms with E-state index in [9.17, 15) is 13.2 Å². The summed E-state index contributed by atoms with van der Waals surface area (Å²) in [6.45, 7) is 5.07. The van der Waals surface area contributed by atoms with Crippen molar-refractivity contribution >= 4 is 25.6 Å². The normalized spacial score (nSPS) is 12.2. The predicted molar refractivity (Wildman–Crippen MR) is 82.2 cm³/mol. The molecule has 0 aliphatic rings. The third-order valence-electron chi connectivity index (χ3n) is 2.59. The summed E-state index contributed by atoms with van der Waals surface area (Å²) in [5, 5.41) is 0. The van der Waals surface area contributed by atoms with Crippen LogP contribution >= 0.6 is 10.8 Å². The molecule has 0 fully saturated rings. The highest BCUT2D eigenvalue weighted by Crippen LogP contribution is 2.32. The van der Waals surface area contributed by atoms with Gasteiger partial charge in [0.2, 0.25) is 8.87 Å². The Morgan fingerprint density at radius 1 is 1.25 bits per heavy atom. The van der Waals surface area contributed by atoms with E-state index in [1.165, 1.54) is 0 Å². The van der Waals surface area contributed by atoms with Crippen molar-refractivity contribution in [2.75, 3.05) is 12.4 Å². The van der Waals surface area contributed by atoms with Gasteiger partial charge in [0.05, 0.1) is 12.4 Å². The number of carbonyl (C=O) groups is 1. The van der Waals surface area contributed by atoms with Gasteiger partial charge < -0.3 is 4.74 Å². The minimum absolute atomic E-state index is 0.00448. The second kappa shape index (κ2) is 7.13. The molecule has 0 saturated carbocycles. The van der Waals surface area contributed by atoms with Crippen molar-refractivity contribution < 1.29 is 17.9 Å². The molecule has 20 heavy (non-hydrogen) atoms. The molecule has 0 atom stereocenters. The lowest BCUT2D eigenvalue weighted by atomic mass is 10.2. The van der Waals surface area contributed by atoms with Gasteiger partial charge in [-0.2, -0.15) is 0 Å². The molecule has 112 valence electrons. The van der Waals surface area contributed by atoms with Crippen molar-refractivity contribution in [1.82, 2.24) is 0 Å². The Kier molecular flexibility index (Phi) is 6.07. The monoisotopic (exact) mass is 316 g/mol. The Hall–Kier alpha value is -1.01. The molecule has 0 aliphatic heterocycles. The lowest BCUT2D eigenvalue weighted by Gasteiger charge is -2.20. The molecule has 0 saturated heterocycles. The van der Waals surface area contributed by atoms with Gasteiger partial charge in [0.15, 0.2) is 0 Å². The molecule has 1 aromatic rings. The molecule has 0 heterocycles. The second-order valence-corrected chi connectivity index (χ2v) is 9.55. The maximum atomic E-state index is 12.1. The van der Waals surface area contributed by atoms with Crippen LogP contribution in [0.25, 0.3) is 0 Å². The van der Waals surface area contributed by atoms with Gasteiger partial charge >= 0.3 is 5.97 Å². The van der Waals surface area contributed by atoms with Gasteiger partial charge in [0.25, 0.3) is 0 Å². The minimum Gasteiger partial charge on any atom is -0.465 e. The zero-order valence-electron chi connectivity index (χ0n) is 12.0. The number of aryl methyl sites for hydroxylation is 1. The maximum Gasteiger partial charge on any atom is 0.322 e. The van der Waals surface area contributed by atoms with E-state index >= 15 is 0 Å². The van der Waals surface area contributed by atoms with Gasteiger partial charge in [-0.3, -0.25) is 4.79 Å². The van der Waals surface area contributed by atoms with E-state index in [1.807, 2.05) is 30.3 Å².